The van der Waals surface area contributed by atoms with Gasteiger partial charge in [-0.25, -0.2) is 0 Å². The molecule has 2 aromatic heterocycles. The van der Waals surface area contributed by atoms with Crippen LogP contribution in [-0.4, -0.2) is 6.71 Å². The average Bonchev–Trinajstić information content (AvgIpc) is 1.30. The van der Waals surface area contributed by atoms with Crippen LogP contribution in [-0.2, 0) is 27.1 Å². The fourth-order valence-corrected chi connectivity index (χ4v) is 16.6. The van der Waals surface area contributed by atoms with Crippen molar-refractivity contribution < 1.29 is 0 Å². The zero-order valence-corrected chi connectivity index (χ0v) is 57.2. The molecule has 450 valence electrons. The van der Waals surface area contributed by atoms with Crippen LogP contribution in [0.4, 0.5) is 34.1 Å². The van der Waals surface area contributed by atoms with Crippen LogP contribution in [0.5, 0.6) is 0 Å². The second kappa shape index (κ2) is 21.0. The van der Waals surface area contributed by atoms with Gasteiger partial charge in [0.1, 0.15) is 0 Å². The largest absolute Gasteiger partial charge is 0.310 e. The highest BCUT2D eigenvalue weighted by Gasteiger charge is 2.46. The molecule has 15 rings (SSSR count). The highest BCUT2D eigenvalue weighted by Crippen LogP contribution is 2.56. The van der Waals surface area contributed by atoms with E-state index in [4.69, 9.17) is 0 Å². The van der Waals surface area contributed by atoms with Crippen LogP contribution in [0.15, 0.2) is 218 Å². The first kappa shape index (κ1) is 58.9. The van der Waals surface area contributed by atoms with Gasteiger partial charge in [-0.3, -0.25) is 0 Å². The Bertz CT molecular complexity index is 4710. The van der Waals surface area contributed by atoms with Gasteiger partial charge in [-0.2, -0.15) is 0 Å². The number of thiophene rings is 2. The van der Waals surface area contributed by atoms with Crippen molar-refractivity contribution in [3.63, 3.8) is 0 Å². The highest BCUT2D eigenvalue weighted by atomic mass is 32.1. The average molecular weight is 1220 g/mol. The molecule has 0 saturated heterocycles. The van der Waals surface area contributed by atoms with Crippen LogP contribution in [0, 0.1) is 0 Å². The second-order valence-corrected chi connectivity index (χ2v) is 33.2. The summed E-state index contributed by atoms with van der Waals surface area (Å²) in [5.41, 5.74) is 27.0. The Kier molecular flexibility index (Phi) is 13.6. The highest BCUT2D eigenvalue weighted by molar-refractivity contribution is 7.26. The molecule has 0 spiro atoms. The maximum absolute atomic E-state index is 2.76. The summed E-state index contributed by atoms with van der Waals surface area (Å²) in [6, 6.07) is 85.3. The maximum atomic E-state index is 2.76. The van der Waals surface area contributed by atoms with Crippen LogP contribution in [0.2, 0.25) is 0 Å². The van der Waals surface area contributed by atoms with E-state index in [9.17, 15) is 0 Å². The van der Waals surface area contributed by atoms with Gasteiger partial charge in [0.25, 0.3) is 6.71 Å². The van der Waals surface area contributed by atoms with E-state index in [1.165, 1.54) is 163 Å². The van der Waals surface area contributed by atoms with Crippen molar-refractivity contribution in [2.45, 2.75) is 131 Å². The molecular formula is C86H81BN2S2. The second-order valence-electron chi connectivity index (χ2n) is 31.0. The quantitative estimate of drug-likeness (QED) is 0.153. The summed E-state index contributed by atoms with van der Waals surface area (Å²) in [6.45, 7) is 35.4. The lowest BCUT2D eigenvalue weighted by Gasteiger charge is -2.46. The summed E-state index contributed by atoms with van der Waals surface area (Å²) < 4.78 is 5.13. The van der Waals surface area contributed by atoms with E-state index in [1.54, 1.807) is 0 Å². The molecule has 0 amide bonds. The molecule has 11 aromatic carbocycles. The van der Waals surface area contributed by atoms with E-state index in [2.05, 4.69) is 332 Å². The normalized spacial score (nSPS) is 13.6. The van der Waals surface area contributed by atoms with Crippen molar-refractivity contribution in [3.8, 4) is 44.5 Å². The minimum absolute atomic E-state index is 0.0614. The zero-order valence-electron chi connectivity index (χ0n) is 55.6. The zero-order chi connectivity index (χ0) is 63.4. The Morgan fingerprint density at radius 3 is 0.978 bits per heavy atom. The predicted molar refractivity (Wildman–Crippen MR) is 401 cm³/mol. The van der Waals surface area contributed by atoms with Crippen LogP contribution < -0.4 is 26.2 Å². The Morgan fingerprint density at radius 1 is 0.275 bits per heavy atom. The van der Waals surface area contributed by atoms with Crippen LogP contribution >= 0.6 is 22.7 Å². The molecule has 91 heavy (non-hydrogen) atoms. The van der Waals surface area contributed by atoms with Crippen LogP contribution in [0.25, 0.3) is 84.9 Å². The molecule has 0 N–H and O–H groups in total. The van der Waals surface area contributed by atoms with Gasteiger partial charge in [-0.05, 0) is 153 Å². The monoisotopic (exact) mass is 1220 g/mol. The van der Waals surface area contributed by atoms with E-state index in [0.717, 1.165) is 0 Å². The minimum Gasteiger partial charge on any atom is -0.310 e. The van der Waals surface area contributed by atoms with E-state index in [0.29, 0.717) is 0 Å². The van der Waals surface area contributed by atoms with Gasteiger partial charge >= 0.3 is 0 Å². The smallest absolute Gasteiger partial charge is 0.252 e. The predicted octanol–water partition coefficient (Wildman–Crippen LogP) is 23.7. The maximum Gasteiger partial charge on any atom is 0.252 e. The third-order valence-corrected chi connectivity index (χ3v) is 21.9. The molecule has 0 atom stereocenters. The standard InChI is InChI=1S/C86H81BN2S2/c1-82(2,3)58-42-56(43-59(48-58)83(4,5)6)54-34-38-67-69(46-54)88(80-63(52-26-18-16-19-27-52)36-40-75-77(80)65-30-22-24-32-73(65)90-75)71-50-62(86(13,14)15)51-72-79(71)87(67)68-39-35-55(57-44-60(84(7,8)9)49-61(45-57)85(10,11)12)47-70(68)89(72)81-64(53-28-20-17-21-29-53)37-41-76-78(81)66-31-23-25-33-74(66)91-76/h16-51H,1-15H3. The summed E-state index contributed by atoms with van der Waals surface area (Å²) in [5, 5.41) is 5.11. The number of benzene rings is 11. The van der Waals surface area contributed by atoms with Gasteiger partial charge < -0.3 is 9.80 Å². The van der Waals surface area contributed by atoms with E-state index in [1.807, 2.05) is 22.7 Å². The number of anilines is 6. The molecular weight excluding hydrogens is 1140 g/mol. The van der Waals surface area contributed by atoms with Crippen molar-refractivity contribution in [2.24, 2.45) is 0 Å². The van der Waals surface area contributed by atoms with Gasteiger partial charge in [0.05, 0.1) is 11.4 Å². The van der Waals surface area contributed by atoms with Crippen LogP contribution in [0.1, 0.15) is 132 Å². The lowest BCUT2D eigenvalue weighted by molar-refractivity contribution is 0.568. The molecule has 0 unspecified atom stereocenters. The minimum atomic E-state index is -0.261. The molecule has 2 aliphatic rings. The molecule has 2 aliphatic heterocycles. The Balaban J connectivity index is 1.13. The van der Waals surface area contributed by atoms with Crippen molar-refractivity contribution in [1.82, 2.24) is 0 Å². The first-order valence-corrected chi connectivity index (χ1v) is 34.3. The molecule has 0 fully saturated rings. The van der Waals surface area contributed by atoms with Crippen molar-refractivity contribution in [3.05, 3.63) is 246 Å². The fourth-order valence-electron chi connectivity index (χ4n) is 14.3. The summed E-state index contributed by atoms with van der Waals surface area (Å²) >= 11 is 3.80. The molecule has 5 heteroatoms. The third-order valence-electron chi connectivity index (χ3n) is 19.6. The molecule has 0 aliphatic carbocycles. The lowest BCUT2D eigenvalue weighted by Crippen LogP contribution is -2.61. The Morgan fingerprint density at radius 2 is 0.615 bits per heavy atom. The van der Waals surface area contributed by atoms with Crippen molar-refractivity contribution >= 4 is 120 Å². The van der Waals surface area contributed by atoms with Crippen molar-refractivity contribution in [1.29, 1.82) is 0 Å². The molecule has 4 heterocycles. The SMILES string of the molecule is CC(C)(C)c1cc(-c2ccc3c(c2)N(c2c(-c4ccccc4)ccc4sc5ccccc5c24)c2cc(C(C)(C)C)cc4c2B3c2ccc(-c3cc(C(C)(C)C)cc(C(C)(C)C)c3)cc2N4c2c(-c3ccccc3)ccc3sc4ccccc4c23)cc(C(C)(C)C)c1. The first-order chi connectivity index (χ1) is 43.3. The van der Waals surface area contributed by atoms with Crippen LogP contribution in [0.3, 0.4) is 0 Å². The fraction of sp³-hybridized carbons (Fsp3) is 0.233. The van der Waals surface area contributed by atoms with E-state index >= 15 is 0 Å². The Hall–Kier alpha value is -8.48. The van der Waals surface area contributed by atoms with Gasteiger partial charge in [0, 0.05) is 74.2 Å². The molecule has 13 aromatic rings. The number of hydrogen-bond acceptors (Lipinski definition) is 4. The molecule has 0 bridgehead atoms. The van der Waals surface area contributed by atoms with E-state index in [-0.39, 0.29) is 33.8 Å². The van der Waals surface area contributed by atoms with E-state index < -0.39 is 0 Å². The number of hydrogen-bond donors (Lipinski definition) is 0. The summed E-state index contributed by atoms with van der Waals surface area (Å²) in [6.07, 6.45) is 0. The Labute approximate surface area is 548 Å². The van der Waals surface area contributed by atoms with Gasteiger partial charge in [-0.15, -0.1) is 22.7 Å². The third kappa shape index (κ3) is 9.96. The summed E-state index contributed by atoms with van der Waals surface area (Å²) in [5.74, 6) is 0. The lowest BCUT2D eigenvalue weighted by atomic mass is 9.33. The first-order valence-electron chi connectivity index (χ1n) is 32.7. The van der Waals surface area contributed by atoms with Gasteiger partial charge in [0.2, 0.25) is 0 Å². The van der Waals surface area contributed by atoms with Gasteiger partial charge in [0.15, 0.2) is 0 Å². The number of fused-ring (bicyclic) bond motifs is 10. The molecule has 0 radical (unpaired) electrons. The number of nitrogens with zero attached hydrogens (tertiary/aromatic N) is 2. The van der Waals surface area contributed by atoms with Gasteiger partial charge in [-0.1, -0.05) is 274 Å². The number of rotatable bonds is 6. The molecule has 2 nitrogen and oxygen atoms in total. The summed E-state index contributed by atoms with van der Waals surface area (Å²) in [4.78, 5) is 5.52. The van der Waals surface area contributed by atoms with Crippen molar-refractivity contribution in [2.75, 3.05) is 9.80 Å². The topological polar surface area (TPSA) is 6.48 Å². The molecule has 0 saturated carbocycles. The summed E-state index contributed by atoms with van der Waals surface area (Å²) in [7, 11) is 0.